The van der Waals surface area contributed by atoms with Crippen LogP contribution in [0.25, 0.3) is 5.69 Å². The van der Waals surface area contributed by atoms with Gasteiger partial charge < -0.3 is 9.64 Å². The molecule has 0 radical (unpaired) electrons. The molecular weight excluding hydrogens is 388 g/mol. The van der Waals surface area contributed by atoms with Crippen LogP contribution in [0.4, 0.5) is 5.69 Å². The highest BCUT2D eigenvalue weighted by molar-refractivity contribution is 5.98. The molecule has 0 N–H and O–H groups in total. The van der Waals surface area contributed by atoms with E-state index in [1.165, 1.54) is 11.0 Å². The van der Waals surface area contributed by atoms with E-state index in [2.05, 4.69) is 5.10 Å². The Hall–Kier alpha value is -4.01. The van der Waals surface area contributed by atoms with Gasteiger partial charge in [-0.1, -0.05) is 18.2 Å². The minimum Gasteiger partial charge on any atom is -0.462 e. The van der Waals surface area contributed by atoms with Crippen molar-refractivity contribution >= 4 is 17.6 Å². The summed E-state index contributed by atoms with van der Waals surface area (Å²) in [5, 5.41) is 15.5. The number of benzene rings is 2. The van der Waals surface area contributed by atoms with Gasteiger partial charge in [0.05, 0.1) is 29.0 Å². The molecule has 0 aliphatic carbocycles. The van der Waals surface area contributed by atoms with Crippen molar-refractivity contribution in [1.29, 1.82) is 0 Å². The van der Waals surface area contributed by atoms with E-state index in [0.29, 0.717) is 0 Å². The number of hydrogen-bond acceptors (Lipinski definition) is 6. The van der Waals surface area contributed by atoms with Crippen molar-refractivity contribution in [2.45, 2.75) is 13.5 Å². The maximum absolute atomic E-state index is 12.9. The van der Waals surface area contributed by atoms with Crippen LogP contribution < -0.4 is 0 Å². The lowest BCUT2D eigenvalue weighted by atomic mass is 10.1. The lowest BCUT2D eigenvalue weighted by Gasteiger charge is -2.16. The molecule has 2 aromatic carbocycles. The van der Waals surface area contributed by atoms with Crippen molar-refractivity contribution in [2.24, 2.45) is 0 Å². The number of carbonyl (C=O) groups is 2. The number of carbonyl (C=O) groups excluding carboxylic acids is 2. The molecule has 0 saturated carbocycles. The third-order valence-corrected chi connectivity index (χ3v) is 4.31. The number of nitro groups is 1. The van der Waals surface area contributed by atoms with Crippen molar-refractivity contribution in [3.8, 4) is 5.69 Å². The smallest absolute Gasteiger partial charge is 0.338 e. The second-order valence-electron chi connectivity index (χ2n) is 6.54. The second-order valence-corrected chi connectivity index (χ2v) is 6.54. The maximum Gasteiger partial charge on any atom is 0.338 e. The molecule has 30 heavy (non-hydrogen) atoms. The largest absolute Gasteiger partial charge is 0.462 e. The molecule has 0 aliphatic heterocycles. The monoisotopic (exact) mass is 408 g/mol. The van der Waals surface area contributed by atoms with Gasteiger partial charge in [-0.2, -0.15) is 5.10 Å². The van der Waals surface area contributed by atoms with Gasteiger partial charge in [0.1, 0.15) is 0 Å². The van der Waals surface area contributed by atoms with Gasteiger partial charge in [-0.25, -0.2) is 9.48 Å². The van der Waals surface area contributed by atoms with Crippen LogP contribution in [0.15, 0.2) is 60.9 Å². The molecule has 9 nitrogen and oxygen atoms in total. The number of nitro benzene ring substituents is 1. The Balaban J connectivity index is 1.81. The molecule has 9 heteroatoms. The van der Waals surface area contributed by atoms with E-state index in [-0.39, 0.29) is 30.0 Å². The molecule has 0 saturated heterocycles. The van der Waals surface area contributed by atoms with Crippen LogP contribution in [0.3, 0.4) is 0 Å². The predicted molar refractivity (Wildman–Crippen MR) is 108 cm³/mol. The molecule has 0 fully saturated rings. The number of hydrogen-bond donors (Lipinski definition) is 0. The quantitative estimate of drug-likeness (QED) is 0.337. The van der Waals surface area contributed by atoms with E-state index in [1.54, 1.807) is 31.0 Å². The van der Waals surface area contributed by atoms with Crippen molar-refractivity contribution in [2.75, 3.05) is 13.7 Å². The summed E-state index contributed by atoms with van der Waals surface area (Å²) in [5.41, 5.74) is 1.31. The van der Waals surface area contributed by atoms with Crippen molar-refractivity contribution in [1.82, 2.24) is 14.7 Å². The Morgan fingerprint density at radius 2 is 1.87 bits per heavy atom. The molecule has 0 bridgehead atoms. The Morgan fingerprint density at radius 3 is 2.53 bits per heavy atom. The second kappa shape index (κ2) is 8.99. The van der Waals surface area contributed by atoms with E-state index in [9.17, 15) is 19.7 Å². The standard InChI is InChI=1S/C21H20N4O5/c1-3-30-21(27)17-9-16(10-19(11-17)25(28)29)20(26)23(2)13-15-12-22-24(14-15)18-7-5-4-6-8-18/h4-12,14H,3,13H2,1-2H3. The maximum atomic E-state index is 12.9. The van der Waals surface area contributed by atoms with Crippen LogP contribution in [-0.4, -0.2) is 45.1 Å². The molecule has 1 aromatic heterocycles. The normalized spacial score (nSPS) is 10.5. The number of rotatable bonds is 7. The molecule has 0 aliphatic rings. The van der Waals surface area contributed by atoms with E-state index in [4.69, 9.17) is 4.74 Å². The van der Waals surface area contributed by atoms with Gasteiger partial charge in [0.15, 0.2) is 0 Å². The molecule has 1 amide bonds. The summed E-state index contributed by atoms with van der Waals surface area (Å²) >= 11 is 0. The van der Waals surface area contributed by atoms with Gasteiger partial charge in [-0.3, -0.25) is 14.9 Å². The first-order chi connectivity index (χ1) is 14.4. The molecule has 3 aromatic rings. The average Bonchev–Trinajstić information content (AvgIpc) is 3.22. The highest BCUT2D eigenvalue weighted by Gasteiger charge is 2.21. The third kappa shape index (κ3) is 4.69. The van der Waals surface area contributed by atoms with Gasteiger partial charge in [0.2, 0.25) is 0 Å². The lowest BCUT2D eigenvalue weighted by molar-refractivity contribution is -0.384. The minimum absolute atomic E-state index is 0.0326. The number of para-hydroxylation sites is 1. The van der Waals surface area contributed by atoms with E-state index in [1.807, 2.05) is 30.3 Å². The van der Waals surface area contributed by atoms with Crippen molar-refractivity contribution in [3.63, 3.8) is 0 Å². The number of amides is 1. The summed E-state index contributed by atoms with van der Waals surface area (Å²) in [7, 11) is 1.57. The van der Waals surface area contributed by atoms with Gasteiger partial charge in [-0.15, -0.1) is 0 Å². The first-order valence-electron chi connectivity index (χ1n) is 9.20. The van der Waals surface area contributed by atoms with Crippen LogP contribution in [-0.2, 0) is 11.3 Å². The number of non-ortho nitro benzene ring substituents is 1. The molecule has 0 atom stereocenters. The zero-order chi connectivity index (χ0) is 21.7. The number of esters is 1. The fourth-order valence-electron chi connectivity index (χ4n) is 2.90. The lowest BCUT2D eigenvalue weighted by Crippen LogP contribution is -2.26. The van der Waals surface area contributed by atoms with Crippen LogP contribution >= 0.6 is 0 Å². The summed E-state index contributed by atoms with van der Waals surface area (Å²) < 4.78 is 6.60. The average molecular weight is 408 g/mol. The van der Waals surface area contributed by atoms with E-state index in [0.717, 1.165) is 23.4 Å². The number of ether oxygens (including phenoxy) is 1. The van der Waals surface area contributed by atoms with Gasteiger partial charge in [-0.05, 0) is 25.1 Å². The highest BCUT2D eigenvalue weighted by atomic mass is 16.6. The van der Waals surface area contributed by atoms with E-state index < -0.39 is 16.8 Å². The summed E-state index contributed by atoms with van der Waals surface area (Å²) in [6.07, 6.45) is 3.45. The fourth-order valence-corrected chi connectivity index (χ4v) is 2.90. The summed E-state index contributed by atoms with van der Waals surface area (Å²) in [6.45, 7) is 1.99. The molecule has 154 valence electrons. The SMILES string of the molecule is CCOC(=O)c1cc(C(=O)N(C)Cc2cnn(-c3ccccc3)c2)cc([N+](=O)[O-])c1. The van der Waals surface area contributed by atoms with Crippen molar-refractivity contribution < 1.29 is 19.2 Å². The van der Waals surface area contributed by atoms with Crippen LogP contribution in [0.2, 0.25) is 0 Å². The third-order valence-electron chi connectivity index (χ3n) is 4.31. The Labute approximate surface area is 172 Å². The first-order valence-corrected chi connectivity index (χ1v) is 9.20. The van der Waals surface area contributed by atoms with Gasteiger partial charge in [0, 0.05) is 43.0 Å². The molecule has 0 unspecified atom stereocenters. The molecule has 1 heterocycles. The minimum atomic E-state index is -0.720. The van der Waals surface area contributed by atoms with Crippen LogP contribution in [0, 0.1) is 10.1 Å². The van der Waals surface area contributed by atoms with E-state index >= 15 is 0 Å². The summed E-state index contributed by atoms with van der Waals surface area (Å²) in [4.78, 5) is 36.8. The molecule has 3 rings (SSSR count). The predicted octanol–water partition coefficient (Wildman–Crippen LogP) is 3.23. The van der Waals surface area contributed by atoms with Crippen LogP contribution in [0.5, 0.6) is 0 Å². The fraction of sp³-hybridized carbons (Fsp3) is 0.190. The summed E-state index contributed by atoms with van der Waals surface area (Å²) in [6, 6.07) is 13.1. The molecular formula is C21H20N4O5. The highest BCUT2D eigenvalue weighted by Crippen LogP contribution is 2.20. The Bertz CT molecular complexity index is 1080. The zero-order valence-electron chi connectivity index (χ0n) is 16.5. The van der Waals surface area contributed by atoms with Gasteiger partial charge >= 0.3 is 5.97 Å². The van der Waals surface area contributed by atoms with Crippen LogP contribution in [0.1, 0.15) is 33.2 Å². The number of nitrogens with zero attached hydrogens (tertiary/aromatic N) is 4. The van der Waals surface area contributed by atoms with Crippen molar-refractivity contribution in [3.05, 3.63) is 87.7 Å². The Kier molecular flexibility index (Phi) is 6.21. The summed E-state index contributed by atoms with van der Waals surface area (Å²) in [5.74, 6) is -1.18. The zero-order valence-corrected chi connectivity index (χ0v) is 16.5. The number of aromatic nitrogens is 2. The topological polar surface area (TPSA) is 108 Å². The molecule has 0 spiro atoms. The Morgan fingerprint density at radius 1 is 1.17 bits per heavy atom. The van der Waals surface area contributed by atoms with Gasteiger partial charge in [0.25, 0.3) is 11.6 Å². The first kappa shape index (κ1) is 20.7.